The van der Waals surface area contributed by atoms with Gasteiger partial charge in [0.15, 0.2) is 0 Å². The molecule has 9 heteroatoms. The second kappa shape index (κ2) is 12.5. The predicted molar refractivity (Wildman–Crippen MR) is 140 cm³/mol. The zero-order valence-electron chi connectivity index (χ0n) is 21.6. The number of nitrogens with two attached hydrogens (primary N) is 2. The molecule has 5 unspecified atom stereocenters. The van der Waals surface area contributed by atoms with Gasteiger partial charge in [-0.2, -0.15) is 0 Å². The first-order valence-electron chi connectivity index (χ1n) is 12.1. The summed E-state index contributed by atoms with van der Waals surface area (Å²) in [5.41, 5.74) is 12.9. The number of aromatic hydroxyl groups is 2. The van der Waals surface area contributed by atoms with Crippen molar-refractivity contribution in [3.63, 3.8) is 0 Å². The molecule has 8 N–H and O–H groups in total. The maximum Gasteiger partial charge on any atom is 0.405 e. The third-order valence-electron chi connectivity index (χ3n) is 6.60. The number of hydrogen-bond donors (Lipinski definition) is 6. The number of nitrogen functional groups attached to an aromatic ring is 1. The number of phenols is 2. The van der Waals surface area contributed by atoms with Crippen LogP contribution in [0, 0.1) is 17.8 Å². The van der Waals surface area contributed by atoms with Crippen molar-refractivity contribution in [2.75, 3.05) is 11.1 Å². The number of hydrogen-bond acceptors (Lipinski definition) is 7. The lowest BCUT2D eigenvalue weighted by molar-refractivity contribution is -0.112. The van der Waals surface area contributed by atoms with Crippen molar-refractivity contribution in [1.82, 2.24) is 0 Å². The Bertz CT molecular complexity index is 1060. The van der Waals surface area contributed by atoms with E-state index in [1.165, 1.54) is 6.07 Å². The topological polar surface area (TPSA) is 168 Å². The lowest BCUT2D eigenvalue weighted by atomic mass is 9.89. The Morgan fingerprint density at radius 2 is 1.81 bits per heavy atom. The summed E-state index contributed by atoms with van der Waals surface area (Å²) in [6.07, 6.45) is 6.17. The van der Waals surface area contributed by atoms with Crippen LogP contribution in [0.5, 0.6) is 11.5 Å². The predicted octanol–water partition coefficient (Wildman–Crippen LogP) is 4.14. The van der Waals surface area contributed by atoms with E-state index in [4.69, 9.17) is 16.2 Å². The normalized spacial score (nSPS) is 26.5. The Kier molecular flexibility index (Phi) is 9.98. The summed E-state index contributed by atoms with van der Waals surface area (Å²) in [4.78, 5) is 24.3. The van der Waals surface area contributed by atoms with Gasteiger partial charge in [-0.15, -0.1) is 0 Å². The van der Waals surface area contributed by atoms with Crippen molar-refractivity contribution in [1.29, 1.82) is 0 Å². The van der Waals surface area contributed by atoms with Crippen LogP contribution in [0.3, 0.4) is 0 Å². The van der Waals surface area contributed by atoms with Crippen molar-refractivity contribution in [3.8, 4) is 11.5 Å². The number of phenolic OH excluding ortho intramolecular Hbond substituents is 2. The van der Waals surface area contributed by atoms with Gasteiger partial charge in [0.1, 0.15) is 17.6 Å². The van der Waals surface area contributed by atoms with E-state index >= 15 is 0 Å². The van der Waals surface area contributed by atoms with E-state index in [2.05, 4.69) is 5.32 Å². The molecule has 0 spiro atoms. The first kappa shape index (κ1) is 28.8. The van der Waals surface area contributed by atoms with Crippen LogP contribution < -0.4 is 16.8 Å². The van der Waals surface area contributed by atoms with Gasteiger partial charge >= 0.3 is 6.09 Å². The quantitative estimate of drug-likeness (QED) is 0.145. The second-order valence-corrected chi connectivity index (χ2v) is 9.81. The highest BCUT2D eigenvalue weighted by Gasteiger charge is 2.24. The SMILES string of the molecule is CC1=CC=CC(C)C(OC(N)=O)C(C)=CC(C)C(O)CCC(C)Cc2c(N)c(O)cc(c2O)NC1=O. The van der Waals surface area contributed by atoms with Gasteiger partial charge < -0.3 is 36.8 Å². The molecular weight excluding hydrogens is 462 g/mol. The molecule has 5 atom stereocenters. The molecule has 1 aromatic carbocycles. The molecule has 0 fully saturated rings. The fourth-order valence-electron chi connectivity index (χ4n) is 4.33. The number of anilines is 2. The van der Waals surface area contributed by atoms with E-state index in [9.17, 15) is 24.9 Å². The van der Waals surface area contributed by atoms with Gasteiger partial charge in [-0.05, 0) is 44.6 Å². The number of allylic oxidation sites excluding steroid dienone is 2. The van der Waals surface area contributed by atoms with E-state index in [0.717, 1.165) is 5.57 Å². The summed E-state index contributed by atoms with van der Waals surface area (Å²) >= 11 is 0. The number of nitrogens with one attached hydrogen (secondary N) is 1. The van der Waals surface area contributed by atoms with Crippen LogP contribution in [0.2, 0.25) is 0 Å². The molecule has 0 aromatic heterocycles. The Morgan fingerprint density at radius 3 is 2.44 bits per heavy atom. The van der Waals surface area contributed by atoms with Crippen LogP contribution in [0.1, 0.15) is 53.0 Å². The number of carbonyl (C=O) groups is 2. The maximum absolute atomic E-state index is 12.7. The van der Waals surface area contributed by atoms with Crippen molar-refractivity contribution in [2.24, 2.45) is 23.5 Å². The molecule has 2 amide bonds. The average molecular weight is 502 g/mol. The lowest BCUT2D eigenvalue weighted by Gasteiger charge is -2.24. The number of rotatable bonds is 1. The maximum atomic E-state index is 12.7. The summed E-state index contributed by atoms with van der Waals surface area (Å²) in [5.74, 6) is -1.38. The fraction of sp³-hybridized carbons (Fsp3) is 0.481. The highest BCUT2D eigenvalue weighted by molar-refractivity contribution is 6.04. The van der Waals surface area contributed by atoms with Crippen molar-refractivity contribution >= 4 is 23.4 Å². The number of amides is 2. The monoisotopic (exact) mass is 501 g/mol. The van der Waals surface area contributed by atoms with E-state index in [1.807, 2.05) is 33.8 Å². The molecule has 2 bridgehead atoms. The van der Waals surface area contributed by atoms with Crippen LogP contribution in [0.25, 0.3) is 0 Å². The first-order chi connectivity index (χ1) is 16.8. The minimum absolute atomic E-state index is 0.00867. The molecule has 9 nitrogen and oxygen atoms in total. The molecule has 36 heavy (non-hydrogen) atoms. The van der Waals surface area contributed by atoms with Crippen LogP contribution in [-0.2, 0) is 16.0 Å². The molecule has 1 aromatic rings. The molecule has 198 valence electrons. The highest BCUT2D eigenvalue weighted by Crippen LogP contribution is 2.40. The van der Waals surface area contributed by atoms with Crippen molar-refractivity contribution < 1.29 is 29.6 Å². The molecule has 0 saturated heterocycles. The number of primary amides is 1. The van der Waals surface area contributed by atoms with Gasteiger partial charge in [0.25, 0.3) is 5.91 Å². The van der Waals surface area contributed by atoms with Gasteiger partial charge in [-0.25, -0.2) is 4.79 Å². The molecule has 1 heterocycles. The zero-order valence-corrected chi connectivity index (χ0v) is 21.6. The number of fused-ring (bicyclic) bond motifs is 2. The number of benzene rings is 1. The Balaban J connectivity index is 2.50. The Hall–Kier alpha value is -3.46. The first-order valence-corrected chi connectivity index (χ1v) is 12.1. The van der Waals surface area contributed by atoms with Gasteiger partial charge in [0, 0.05) is 29.0 Å². The third-order valence-corrected chi connectivity index (χ3v) is 6.60. The summed E-state index contributed by atoms with van der Waals surface area (Å²) in [5, 5.41) is 34.5. The molecular formula is C27H39N3O6. The highest BCUT2D eigenvalue weighted by atomic mass is 16.6. The zero-order chi connectivity index (χ0) is 27.2. The second-order valence-electron chi connectivity index (χ2n) is 9.81. The number of aliphatic hydroxyl groups excluding tert-OH is 1. The van der Waals surface area contributed by atoms with Crippen molar-refractivity contribution in [3.05, 3.63) is 47.1 Å². The smallest absolute Gasteiger partial charge is 0.405 e. The average Bonchev–Trinajstić information content (AvgIpc) is 2.80. The van der Waals surface area contributed by atoms with Gasteiger partial charge in [0.2, 0.25) is 0 Å². The third kappa shape index (κ3) is 7.52. The van der Waals surface area contributed by atoms with Crippen LogP contribution in [0.15, 0.2) is 41.5 Å². The van der Waals surface area contributed by atoms with E-state index < -0.39 is 24.2 Å². The van der Waals surface area contributed by atoms with E-state index in [-0.39, 0.29) is 40.6 Å². The molecule has 0 saturated carbocycles. The Labute approximate surface area is 212 Å². The summed E-state index contributed by atoms with van der Waals surface area (Å²) in [7, 11) is 0. The molecule has 1 aliphatic rings. The van der Waals surface area contributed by atoms with Crippen LogP contribution in [-0.4, -0.2) is 39.5 Å². The number of carbonyl (C=O) groups excluding carboxylic acids is 2. The van der Waals surface area contributed by atoms with E-state index in [1.54, 1.807) is 25.2 Å². The summed E-state index contributed by atoms with van der Waals surface area (Å²) in [6, 6.07) is 1.22. The van der Waals surface area contributed by atoms with Crippen molar-refractivity contribution in [2.45, 2.75) is 66.1 Å². The van der Waals surface area contributed by atoms with Gasteiger partial charge in [-0.1, -0.05) is 45.1 Å². The van der Waals surface area contributed by atoms with E-state index in [0.29, 0.717) is 30.4 Å². The van der Waals surface area contributed by atoms with Crippen LogP contribution >= 0.6 is 0 Å². The number of aliphatic hydroxyl groups is 1. The Morgan fingerprint density at radius 1 is 1.14 bits per heavy atom. The van der Waals surface area contributed by atoms with Gasteiger partial charge in [0.05, 0.1) is 17.5 Å². The van der Waals surface area contributed by atoms with Gasteiger partial charge in [-0.3, -0.25) is 4.79 Å². The molecule has 2 rings (SSSR count). The fourth-order valence-corrected chi connectivity index (χ4v) is 4.33. The minimum atomic E-state index is -0.899. The summed E-state index contributed by atoms with van der Waals surface area (Å²) in [6.45, 7) is 9.13. The largest absolute Gasteiger partial charge is 0.506 e. The lowest BCUT2D eigenvalue weighted by Crippen LogP contribution is -2.29. The molecule has 0 aliphatic carbocycles. The molecule has 0 radical (unpaired) electrons. The summed E-state index contributed by atoms with van der Waals surface area (Å²) < 4.78 is 5.36. The number of ether oxygens (including phenoxy) is 1. The molecule has 1 aliphatic heterocycles. The standard InChI is InChI=1S/C27H39N3O6/c1-14-9-10-21(31)17(4)12-18(5)25(36-27(29)35)15(2)7-6-8-16(3)26(34)30-20-13-22(32)23(28)19(11-14)24(20)33/h6-8,12-15,17,21,25,31-33H,9-11,28H2,1-5H3,(H2,29,35)(H,30,34). The minimum Gasteiger partial charge on any atom is -0.506 e. The van der Waals surface area contributed by atoms with Crippen LogP contribution in [0.4, 0.5) is 16.2 Å².